The van der Waals surface area contributed by atoms with Gasteiger partial charge in [-0.2, -0.15) is 0 Å². The Morgan fingerprint density at radius 1 is 1.25 bits per heavy atom. The first-order chi connectivity index (χ1) is 9.76. The Hall–Kier alpha value is -0.900. The Bertz CT molecular complexity index is 504. The molecule has 0 radical (unpaired) electrons. The van der Waals surface area contributed by atoms with Crippen molar-refractivity contribution >= 4 is 0 Å². The minimum Gasteiger partial charge on any atom is -0.388 e. The van der Waals surface area contributed by atoms with E-state index < -0.39 is 5.60 Å². The summed E-state index contributed by atoms with van der Waals surface area (Å²) in [5, 5.41) is 14.9. The van der Waals surface area contributed by atoms with Crippen LogP contribution >= 0.6 is 0 Å². The number of rotatable bonds is 1. The van der Waals surface area contributed by atoms with E-state index in [0.29, 0.717) is 6.04 Å². The maximum Gasteiger partial charge on any atom is 0.0868 e. The number of fused-ring (bicyclic) bond motifs is 2. The lowest BCUT2D eigenvalue weighted by Crippen LogP contribution is -2.55. The Balaban J connectivity index is 1.64. The quantitative estimate of drug-likeness (QED) is 0.819. The number of piperidine rings is 1. The molecular weight excluding hydrogens is 248 g/mol. The molecule has 1 aromatic rings. The van der Waals surface area contributed by atoms with Crippen LogP contribution in [0.4, 0.5) is 0 Å². The Labute approximate surface area is 121 Å². The lowest BCUT2D eigenvalue weighted by atomic mass is 9.75. The molecule has 20 heavy (non-hydrogen) atoms. The van der Waals surface area contributed by atoms with Crippen molar-refractivity contribution in [2.45, 2.75) is 49.8 Å². The van der Waals surface area contributed by atoms with Crippen molar-refractivity contribution in [1.29, 1.82) is 0 Å². The first kappa shape index (κ1) is 12.8. The van der Waals surface area contributed by atoms with Crippen molar-refractivity contribution in [3.05, 3.63) is 35.4 Å². The number of hydrogen-bond acceptors (Lipinski definition) is 3. The molecule has 3 atom stereocenters. The first-order valence-corrected chi connectivity index (χ1v) is 8.04. The van der Waals surface area contributed by atoms with Crippen molar-refractivity contribution in [2.75, 3.05) is 19.6 Å². The molecule has 3 unspecified atom stereocenters. The SMILES string of the molecule is OC1(C2NCCc3ccccc32)CCN2CCCC2C1. The molecule has 3 heteroatoms. The van der Waals surface area contributed by atoms with Gasteiger partial charge in [-0.3, -0.25) is 0 Å². The summed E-state index contributed by atoms with van der Waals surface area (Å²) in [6.07, 6.45) is 5.47. The van der Waals surface area contributed by atoms with Crippen LogP contribution in [-0.2, 0) is 6.42 Å². The number of hydrogen-bond donors (Lipinski definition) is 2. The maximum atomic E-state index is 11.3. The van der Waals surface area contributed by atoms with Gasteiger partial charge in [0.05, 0.1) is 11.6 Å². The van der Waals surface area contributed by atoms with Gasteiger partial charge in [0.2, 0.25) is 0 Å². The Morgan fingerprint density at radius 2 is 2.15 bits per heavy atom. The molecule has 0 bridgehead atoms. The van der Waals surface area contributed by atoms with Crippen molar-refractivity contribution in [3.8, 4) is 0 Å². The van der Waals surface area contributed by atoms with E-state index in [2.05, 4.69) is 34.5 Å². The second kappa shape index (κ2) is 4.83. The number of nitrogens with one attached hydrogen (secondary N) is 1. The van der Waals surface area contributed by atoms with Gasteiger partial charge in [0, 0.05) is 12.6 Å². The van der Waals surface area contributed by atoms with Crippen molar-refractivity contribution in [3.63, 3.8) is 0 Å². The number of benzene rings is 1. The fourth-order valence-electron chi connectivity index (χ4n) is 4.51. The average Bonchev–Trinajstić information content (AvgIpc) is 2.93. The maximum absolute atomic E-state index is 11.3. The van der Waals surface area contributed by atoms with Crippen LogP contribution < -0.4 is 5.32 Å². The van der Waals surface area contributed by atoms with Gasteiger partial charge in [0.25, 0.3) is 0 Å². The standard InChI is InChI=1S/C17H24N2O/c20-17(8-11-19-10-3-5-14(19)12-17)16-15-6-2-1-4-13(15)7-9-18-16/h1-2,4,6,14,16,18,20H,3,5,7-12H2. The Kier molecular flexibility index (Phi) is 3.09. The summed E-state index contributed by atoms with van der Waals surface area (Å²) in [5.41, 5.74) is 2.17. The smallest absolute Gasteiger partial charge is 0.0868 e. The number of aliphatic hydroxyl groups is 1. The summed E-state index contributed by atoms with van der Waals surface area (Å²) >= 11 is 0. The molecule has 108 valence electrons. The van der Waals surface area contributed by atoms with Crippen LogP contribution in [0.3, 0.4) is 0 Å². The summed E-state index contributed by atoms with van der Waals surface area (Å²) < 4.78 is 0. The summed E-state index contributed by atoms with van der Waals surface area (Å²) in [7, 11) is 0. The zero-order valence-corrected chi connectivity index (χ0v) is 12.0. The third-order valence-electron chi connectivity index (χ3n) is 5.57. The van der Waals surface area contributed by atoms with E-state index >= 15 is 0 Å². The predicted octanol–water partition coefficient (Wildman–Crippen LogP) is 1.86. The van der Waals surface area contributed by atoms with Crippen LogP contribution in [0, 0.1) is 0 Å². The van der Waals surface area contributed by atoms with E-state index in [4.69, 9.17) is 0 Å². The molecule has 4 rings (SSSR count). The number of nitrogens with zero attached hydrogens (tertiary/aromatic N) is 1. The van der Waals surface area contributed by atoms with Gasteiger partial charge in [-0.25, -0.2) is 0 Å². The molecule has 0 aliphatic carbocycles. The second-order valence-electron chi connectivity index (χ2n) is 6.73. The van der Waals surface area contributed by atoms with Gasteiger partial charge in [-0.05, 0) is 56.3 Å². The Morgan fingerprint density at radius 3 is 3.10 bits per heavy atom. The lowest BCUT2D eigenvalue weighted by molar-refractivity contribution is -0.0655. The van der Waals surface area contributed by atoms with Crippen LogP contribution in [0.25, 0.3) is 0 Å². The molecule has 0 amide bonds. The molecule has 1 aromatic carbocycles. The normalized spacial score (nSPS) is 37.5. The molecule has 3 aliphatic rings. The molecule has 3 nitrogen and oxygen atoms in total. The van der Waals surface area contributed by atoms with Gasteiger partial charge in [0.1, 0.15) is 0 Å². The van der Waals surface area contributed by atoms with Crippen molar-refractivity contribution in [1.82, 2.24) is 10.2 Å². The summed E-state index contributed by atoms with van der Waals surface area (Å²) in [5.74, 6) is 0. The average molecular weight is 272 g/mol. The van der Waals surface area contributed by atoms with Gasteiger partial charge >= 0.3 is 0 Å². The molecule has 3 heterocycles. The van der Waals surface area contributed by atoms with E-state index in [1.165, 1.54) is 30.5 Å². The minimum atomic E-state index is -0.567. The minimum absolute atomic E-state index is 0.121. The lowest BCUT2D eigenvalue weighted by Gasteiger charge is -2.47. The molecule has 0 spiro atoms. The fourth-order valence-corrected chi connectivity index (χ4v) is 4.51. The third-order valence-corrected chi connectivity index (χ3v) is 5.57. The van der Waals surface area contributed by atoms with Crippen LogP contribution in [0.2, 0.25) is 0 Å². The molecule has 0 aromatic heterocycles. The van der Waals surface area contributed by atoms with E-state index in [9.17, 15) is 5.11 Å². The highest BCUT2D eigenvalue weighted by Crippen LogP contribution is 2.42. The largest absolute Gasteiger partial charge is 0.388 e. The van der Waals surface area contributed by atoms with Gasteiger partial charge in [0.15, 0.2) is 0 Å². The van der Waals surface area contributed by atoms with Crippen molar-refractivity contribution in [2.24, 2.45) is 0 Å². The molecule has 0 saturated carbocycles. The van der Waals surface area contributed by atoms with Gasteiger partial charge in [-0.15, -0.1) is 0 Å². The zero-order valence-electron chi connectivity index (χ0n) is 12.0. The van der Waals surface area contributed by atoms with E-state index in [1.54, 1.807) is 0 Å². The predicted molar refractivity (Wildman–Crippen MR) is 79.7 cm³/mol. The molecular formula is C17H24N2O. The monoisotopic (exact) mass is 272 g/mol. The van der Waals surface area contributed by atoms with Crippen molar-refractivity contribution < 1.29 is 5.11 Å². The summed E-state index contributed by atoms with van der Waals surface area (Å²) in [4.78, 5) is 2.57. The molecule has 3 aliphatic heterocycles. The van der Waals surface area contributed by atoms with Gasteiger partial charge in [-0.1, -0.05) is 24.3 Å². The van der Waals surface area contributed by atoms with E-state index in [0.717, 1.165) is 32.4 Å². The molecule has 2 fully saturated rings. The summed E-state index contributed by atoms with van der Waals surface area (Å²) in [6.45, 7) is 3.27. The second-order valence-corrected chi connectivity index (χ2v) is 6.73. The topological polar surface area (TPSA) is 35.5 Å². The van der Waals surface area contributed by atoms with Gasteiger partial charge < -0.3 is 15.3 Å². The van der Waals surface area contributed by atoms with E-state index in [-0.39, 0.29) is 6.04 Å². The highest BCUT2D eigenvalue weighted by atomic mass is 16.3. The van der Waals surface area contributed by atoms with Crippen LogP contribution in [-0.4, -0.2) is 41.3 Å². The third kappa shape index (κ3) is 2.00. The summed E-state index contributed by atoms with van der Waals surface area (Å²) in [6, 6.07) is 9.36. The van der Waals surface area contributed by atoms with E-state index in [1.807, 2.05) is 0 Å². The highest BCUT2D eigenvalue weighted by molar-refractivity contribution is 5.34. The van der Waals surface area contributed by atoms with Crippen LogP contribution in [0.15, 0.2) is 24.3 Å². The zero-order chi connectivity index (χ0) is 13.6. The molecule has 2 N–H and O–H groups in total. The fraction of sp³-hybridized carbons (Fsp3) is 0.647. The highest BCUT2D eigenvalue weighted by Gasteiger charge is 2.46. The molecule has 2 saturated heterocycles. The van der Waals surface area contributed by atoms with Crippen LogP contribution in [0.5, 0.6) is 0 Å². The van der Waals surface area contributed by atoms with Crippen LogP contribution in [0.1, 0.15) is 42.9 Å². The first-order valence-electron chi connectivity index (χ1n) is 8.04.